The van der Waals surface area contributed by atoms with Crippen LogP contribution < -0.4 is 10.2 Å². The topological polar surface area (TPSA) is 93.0 Å². The Morgan fingerprint density at radius 2 is 1.75 bits per heavy atom. The highest BCUT2D eigenvalue weighted by Crippen LogP contribution is 2.40. The molecule has 3 aromatic rings. The lowest BCUT2D eigenvalue weighted by atomic mass is 9.80. The molecule has 2 aromatic carbocycles. The van der Waals surface area contributed by atoms with E-state index in [-0.39, 0.29) is 24.3 Å². The first-order valence-electron chi connectivity index (χ1n) is 10.9. The molecule has 1 aliphatic carbocycles. The number of tetrazole rings is 1. The third kappa shape index (κ3) is 3.68. The molecule has 1 saturated carbocycles. The second-order valence-corrected chi connectivity index (χ2v) is 8.30. The second-order valence-electron chi connectivity index (χ2n) is 8.30. The normalized spacial score (nSPS) is 21.1. The SMILES string of the molecule is O=C1C[C@](/C=C/c2ccccc2)(C(=O)NC2CCCC2)N1c1ccc(-n2cnnn2)cc1. The number of amides is 2. The summed E-state index contributed by atoms with van der Waals surface area (Å²) in [5.74, 6) is -0.208. The highest BCUT2D eigenvalue weighted by molar-refractivity contribution is 6.15. The summed E-state index contributed by atoms with van der Waals surface area (Å²) < 4.78 is 1.54. The molecule has 0 unspecified atom stereocenters. The summed E-state index contributed by atoms with van der Waals surface area (Å²) in [5, 5.41) is 14.4. The number of hydrogen-bond donors (Lipinski definition) is 1. The summed E-state index contributed by atoms with van der Waals surface area (Å²) in [4.78, 5) is 27.9. The Morgan fingerprint density at radius 1 is 1.03 bits per heavy atom. The van der Waals surface area contributed by atoms with Crippen molar-refractivity contribution in [2.75, 3.05) is 4.90 Å². The van der Waals surface area contributed by atoms with E-state index in [1.807, 2.05) is 66.7 Å². The fourth-order valence-corrected chi connectivity index (χ4v) is 4.50. The van der Waals surface area contributed by atoms with Gasteiger partial charge in [0.2, 0.25) is 5.91 Å². The highest BCUT2D eigenvalue weighted by atomic mass is 16.2. The Morgan fingerprint density at radius 3 is 2.41 bits per heavy atom. The van der Waals surface area contributed by atoms with E-state index >= 15 is 0 Å². The Balaban J connectivity index is 1.47. The lowest BCUT2D eigenvalue weighted by Gasteiger charge is -2.49. The van der Waals surface area contributed by atoms with Crippen molar-refractivity contribution in [3.8, 4) is 5.69 Å². The van der Waals surface area contributed by atoms with Crippen molar-refractivity contribution in [2.24, 2.45) is 0 Å². The molecule has 2 aliphatic rings. The van der Waals surface area contributed by atoms with E-state index in [1.54, 1.807) is 4.90 Å². The minimum absolute atomic E-state index is 0.0838. The minimum Gasteiger partial charge on any atom is -0.351 e. The zero-order valence-electron chi connectivity index (χ0n) is 17.6. The second kappa shape index (κ2) is 8.37. The number of anilines is 1. The van der Waals surface area contributed by atoms with Gasteiger partial charge in [-0.1, -0.05) is 49.2 Å². The van der Waals surface area contributed by atoms with Crippen LogP contribution in [-0.4, -0.2) is 43.6 Å². The van der Waals surface area contributed by atoms with Gasteiger partial charge in [-0.05, 0) is 59.2 Å². The Hall–Kier alpha value is -3.81. The average molecular weight is 428 g/mol. The molecule has 1 aliphatic heterocycles. The number of nitrogens with zero attached hydrogens (tertiary/aromatic N) is 5. The maximum Gasteiger partial charge on any atom is 0.251 e. The molecule has 2 heterocycles. The van der Waals surface area contributed by atoms with Crippen LogP contribution in [0, 0.1) is 0 Å². The van der Waals surface area contributed by atoms with Gasteiger partial charge >= 0.3 is 0 Å². The number of carbonyl (C=O) groups is 2. The summed E-state index contributed by atoms with van der Waals surface area (Å²) >= 11 is 0. The molecular weight excluding hydrogens is 404 g/mol. The Labute approximate surface area is 185 Å². The van der Waals surface area contributed by atoms with Crippen molar-refractivity contribution >= 4 is 23.6 Å². The van der Waals surface area contributed by atoms with Gasteiger partial charge in [0, 0.05) is 11.7 Å². The predicted octanol–water partition coefficient (Wildman–Crippen LogP) is 2.91. The van der Waals surface area contributed by atoms with Crippen molar-refractivity contribution in [1.82, 2.24) is 25.5 Å². The number of β-lactam (4-membered cyclic amide) rings is 1. The summed E-state index contributed by atoms with van der Waals surface area (Å²) in [6, 6.07) is 17.3. The molecule has 1 saturated heterocycles. The predicted molar refractivity (Wildman–Crippen MR) is 120 cm³/mol. The molecule has 162 valence electrons. The Kier molecular flexibility index (Phi) is 5.26. The van der Waals surface area contributed by atoms with Crippen LogP contribution in [0.4, 0.5) is 5.69 Å². The van der Waals surface area contributed by atoms with Gasteiger partial charge in [-0.2, -0.15) is 0 Å². The van der Waals surface area contributed by atoms with E-state index in [4.69, 9.17) is 0 Å². The van der Waals surface area contributed by atoms with Gasteiger partial charge in [-0.25, -0.2) is 4.68 Å². The number of rotatable bonds is 6. The summed E-state index contributed by atoms with van der Waals surface area (Å²) in [7, 11) is 0. The maximum atomic E-state index is 13.5. The summed E-state index contributed by atoms with van der Waals surface area (Å²) in [6.07, 6.45) is 9.65. The molecule has 8 nitrogen and oxygen atoms in total. The molecule has 2 amide bonds. The van der Waals surface area contributed by atoms with Gasteiger partial charge in [0.25, 0.3) is 5.91 Å². The first kappa shape index (κ1) is 20.1. The van der Waals surface area contributed by atoms with Crippen LogP contribution in [0.3, 0.4) is 0 Å². The first-order chi connectivity index (χ1) is 15.7. The third-order valence-corrected chi connectivity index (χ3v) is 6.23. The number of hydrogen-bond acceptors (Lipinski definition) is 5. The Bertz CT molecular complexity index is 1120. The van der Waals surface area contributed by atoms with Gasteiger partial charge in [-0.15, -0.1) is 5.10 Å². The zero-order chi connectivity index (χ0) is 22.0. The highest BCUT2D eigenvalue weighted by Gasteiger charge is 2.56. The molecule has 0 radical (unpaired) electrons. The average Bonchev–Trinajstić information content (AvgIpc) is 3.52. The molecule has 1 aromatic heterocycles. The van der Waals surface area contributed by atoms with Crippen LogP contribution in [0.5, 0.6) is 0 Å². The number of benzene rings is 2. The number of carbonyl (C=O) groups excluding carboxylic acids is 2. The van der Waals surface area contributed by atoms with E-state index in [1.165, 1.54) is 11.0 Å². The number of aromatic nitrogens is 4. The minimum atomic E-state index is -1.05. The first-order valence-corrected chi connectivity index (χ1v) is 10.9. The van der Waals surface area contributed by atoms with Crippen molar-refractivity contribution in [3.05, 3.63) is 72.6 Å². The molecule has 32 heavy (non-hydrogen) atoms. The third-order valence-electron chi connectivity index (χ3n) is 6.23. The van der Waals surface area contributed by atoms with Crippen LogP contribution in [0.25, 0.3) is 11.8 Å². The monoisotopic (exact) mass is 428 g/mol. The standard InChI is InChI=1S/C24H24N6O2/c31-22-16-24(15-14-18-6-2-1-3-7-18,23(32)26-19-8-4-5-9-19)30(22)21-12-10-20(11-13-21)29-17-25-27-28-29/h1-3,6-7,10-15,17,19H,4-5,8-9,16H2,(H,26,32)/b15-14+/t24-/m1/s1. The van der Waals surface area contributed by atoms with E-state index in [0.29, 0.717) is 5.69 Å². The molecule has 0 spiro atoms. The van der Waals surface area contributed by atoms with Crippen molar-refractivity contribution in [1.29, 1.82) is 0 Å². The van der Waals surface area contributed by atoms with Crippen LogP contribution in [0.1, 0.15) is 37.7 Å². The molecule has 2 fully saturated rings. The van der Waals surface area contributed by atoms with E-state index in [9.17, 15) is 9.59 Å². The van der Waals surface area contributed by atoms with E-state index in [0.717, 1.165) is 36.9 Å². The van der Waals surface area contributed by atoms with E-state index in [2.05, 4.69) is 20.8 Å². The van der Waals surface area contributed by atoms with Gasteiger partial charge in [0.1, 0.15) is 6.33 Å². The maximum absolute atomic E-state index is 13.5. The largest absolute Gasteiger partial charge is 0.351 e. The smallest absolute Gasteiger partial charge is 0.251 e. The lowest BCUT2D eigenvalue weighted by molar-refractivity contribution is -0.137. The summed E-state index contributed by atoms with van der Waals surface area (Å²) in [6.45, 7) is 0. The van der Waals surface area contributed by atoms with Crippen LogP contribution in [0.2, 0.25) is 0 Å². The quantitative estimate of drug-likeness (QED) is 0.610. The van der Waals surface area contributed by atoms with Gasteiger partial charge in [-0.3, -0.25) is 14.5 Å². The fourth-order valence-electron chi connectivity index (χ4n) is 4.50. The van der Waals surface area contributed by atoms with Crippen LogP contribution in [0.15, 0.2) is 67.0 Å². The van der Waals surface area contributed by atoms with Crippen LogP contribution >= 0.6 is 0 Å². The fraction of sp³-hybridized carbons (Fsp3) is 0.292. The van der Waals surface area contributed by atoms with Crippen LogP contribution in [-0.2, 0) is 9.59 Å². The zero-order valence-corrected chi connectivity index (χ0v) is 17.6. The van der Waals surface area contributed by atoms with E-state index < -0.39 is 5.54 Å². The molecular formula is C24H24N6O2. The van der Waals surface area contributed by atoms with Crippen molar-refractivity contribution in [2.45, 2.75) is 43.7 Å². The summed E-state index contributed by atoms with van der Waals surface area (Å²) in [5.41, 5.74) is 1.37. The lowest BCUT2D eigenvalue weighted by Crippen LogP contribution is -2.70. The molecule has 8 heteroatoms. The van der Waals surface area contributed by atoms with Gasteiger partial charge in [0.05, 0.1) is 12.1 Å². The van der Waals surface area contributed by atoms with Gasteiger partial charge < -0.3 is 5.32 Å². The number of nitrogens with one attached hydrogen (secondary N) is 1. The van der Waals surface area contributed by atoms with Crippen molar-refractivity contribution in [3.63, 3.8) is 0 Å². The molecule has 5 rings (SSSR count). The van der Waals surface area contributed by atoms with Gasteiger partial charge in [0.15, 0.2) is 5.54 Å². The molecule has 0 bridgehead atoms. The molecule has 1 N–H and O–H groups in total. The molecule has 1 atom stereocenters. The van der Waals surface area contributed by atoms with Crippen molar-refractivity contribution < 1.29 is 9.59 Å².